The fourth-order valence-electron chi connectivity index (χ4n) is 4.53. The van der Waals surface area contributed by atoms with Crippen LogP contribution in [0, 0.1) is 6.92 Å². The van der Waals surface area contributed by atoms with E-state index in [-0.39, 0.29) is 11.7 Å². The molecule has 0 radical (unpaired) electrons. The Kier molecular flexibility index (Phi) is 4.32. The van der Waals surface area contributed by atoms with Crippen molar-refractivity contribution < 1.29 is 4.74 Å². The van der Waals surface area contributed by atoms with E-state index < -0.39 is 0 Å². The van der Waals surface area contributed by atoms with Crippen LogP contribution in [0.2, 0.25) is 0 Å². The van der Waals surface area contributed by atoms with Gasteiger partial charge in [0.15, 0.2) is 10.8 Å². The van der Waals surface area contributed by atoms with Gasteiger partial charge in [0.05, 0.1) is 17.2 Å². The summed E-state index contributed by atoms with van der Waals surface area (Å²) in [5, 5.41) is 4.45. The van der Waals surface area contributed by atoms with Gasteiger partial charge in [0, 0.05) is 44.3 Å². The lowest BCUT2D eigenvalue weighted by Gasteiger charge is -2.22. The van der Waals surface area contributed by atoms with E-state index in [2.05, 4.69) is 33.9 Å². The summed E-state index contributed by atoms with van der Waals surface area (Å²) in [7, 11) is 1.77. The van der Waals surface area contributed by atoms with Crippen LogP contribution in [0.15, 0.2) is 28.3 Å². The van der Waals surface area contributed by atoms with Gasteiger partial charge in [0.1, 0.15) is 5.52 Å². The third-order valence-corrected chi connectivity index (χ3v) is 7.20. The van der Waals surface area contributed by atoms with Crippen molar-refractivity contribution >= 4 is 45.6 Å². The molecule has 5 heterocycles. The topological polar surface area (TPSA) is 91.8 Å². The van der Waals surface area contributed by atoms with Crippen LogP contribution < -0.4 is 11.0 Å². The van der Waals surface area contributed by atoms with Crippen LogP contribution in [0.1, 0.15) is 24.4 Å². The van der Waals surface area contributed by atoms with Gasteiger partial charge in [-0.2, -0.15) is 4.98 Å². The number of nitrogens with one attached hydrogen (secondary N) is 1. The van der Waals surface area contributed by atoms with E-state index in [9.17, 15) is 4.79 Å². The van der Waals surface area contributed by atoms with Crippen molar-refractivity contribution in [1.82, 2.24) is 28.7 Å². The van der Waals surface area contributed by atoms with Gasteiger partial charge in [-0.05, 0) is 37.5 Å². The Bertz CT molecular complexity index is 1380. The summed E-state index contributed by atoms with van der Waals surface area (Å²) in [5.74, 6) is 1.55. The lowest BCUT2D eigenvalue weighted by Crippen LogP contribution is -2.30. The molecule has 1 N–H and O–H groups in total. The highest BCUT2D eigenvalue weighted by molar-refractivity contribution is 7.99. The molecular weight excluding hydrogens is 414 g/mol. The minimum absolute atomic E-state index is 0.0572. The molecule has 4 aromatic rings. The zero-order valence-corrected chi connectivity index (χ0v) is 18.3. The largest absolute Gasteiger partial charge is 0.381 e. The molecule has 0 bridgehead atoms. The summed E-state index contributed by atoms with van der Waals surface area (Å²) in [6, 6.07) is 4.32. The maximum Gasteiger partial charge on any atom is 0.330 e. The molecule has 6 rings (SSSR count). The molecule has 9 nitrogen and oxygen atoms in total. The molecule has 2 aliphatic rings. The zero-order valence-electron chi connectivity index (χ0n) is 17.5. The smallest absolute Gasteiger partial charge is 0.330 e. The third-order valence-electron chi connectivity index (χ3n) is 6.24. The molecule has 160 valence electrons. The molecule has 1 saturated heterocycles. The minimum atomic E-state index is -0.0572. The lowest BCUT2D eigenvalue weighted by atomic mass is 10.1. The van der Waals surface area contributed by atoms with Crippen LogP contribution >= 0.6 is 11.8 Å². The Balaban J connectivity index is 1.42. The second-order valence-electron chi connectivity index (χ2n) is 8.13. The fourth-order valence-corrected chi connectivity index (χ4v) is 5.50. The van der Waals surface area contributed by atoms with Crippen LogP contribution in [0.3, 0.4) is 0 Å². The Labute approximate surface area is 182 Å². The molecule has 3 aromatic heterocycles. The molecular formula is C21H23N7O2S. The van der Waals surface area contributed by atoms with Gasteiger partial charge in [0.25, 0.3) is 0 Å². The zero-order chi connectivity index (χ0) is 21.1. The minimum Gasteiger partial charge on any atom is -0.381 e. The highest BCUT2D eigenvalue weighted by atomic mass is 32.2. The number of imidazole rings is 2. The summed E-state index contributed by atoms with van der Waals surface area (Å²) in [5.41, 5.74) is 5.50. The van der Waals surface area contributed by atoms with Crippen molar-refractivity contribution in [2.24, 2.45) is 7.05 Å². The Morgan fingerprint density at radius 3 is 2.87 bits per heavy atom. The third kappa shape index (κ3) is 2.96. The molecule has 31 heavy (non-hydrogen) atoms. The number of thioether (sulfide) groups is 1. The number of aryl methyl sites for hydroxylation is 3. The molecule has 0 spiro atoms. The fraction of sp³-hybridized carbons (Fsp3) is 0.429. The maximum absolute atomic E-state index is 12.9. The summed E-state index contributed by atoms with van der Waals surface area (Å²) < 4.78 is 11.2. The van der Waals surface area contributed by atoms with Gasteiger partial charge in [0.2, 0.25) is 5.95 Å². The maximum atomic E-state index is 12.9. The van der Waals surface area contributed by atoms with Crippen molar-refractivity contribution in [3.8, 4) is 0 Å². The number of aromatic nitrogens is 6. The first-order valence-corrected chi connectivity index (χ1v) is 11.5. The number of rotatable bonds is 3. The van der Waals surface area contributed by atoms with E-state index in [1.165, 1.54) is 0 Å². The highest BCUT2D eigenvalue weighted by Crippen LogP contribution is 2.33. The quantitative estimate of drug-likeness (QED) is 0.527. The van der Waals surface area contributed by atoms with Gasteiger partial charge in [-0.1, -0.05) is 11.8 Å². The van der Waals surface area contributed by atoms with Gasteiger partial charge < -0.3 is 14.6 Å². The monoisotopic (exact) mass is 437 g/mol. The number of fused-ring (bicyclic) bond motifs is 4. The molecule has 1 fully saturated rings. The molecule has 2 aliphatic heterocycles. The highest BCUT2D eigenvalue weighted by Gasteiger charge is 2.23. The molecule has 1 aromatic carbocycles. The van der Waals surface area contributed by atoms with Gasteiger partial charge in [-0.25, -0.2) is 14.8 Å². The van der Waals surface area contributed by atoms with Crippen molar-refractivity contribution in [2.75, 3.05) is 24.3 Å². The van der Waals surface area contributed by atoms with E-state index in [0.717, 1.165) is 58.1 Å². The average molecular weight is 438 g/mol. The predicted molar refractivity (Wildman–Crippen MR) is 120 cm³/mol. The van der Waals surface area contributed by atoms with E-state index >= 15 is 0 Å². The first-order chi connectivity index (χ1) is 15.1. The first-order valence-electron chi connectivity index (χ1n) is 10.5. The van der Waals surface area contributed by atoms with Crippen molar-refractivity contribution in [2.45, 2.75) is 37.5 Å². The predicted octanol–water partition coefficient (Wildman–Crippen LogP) is 2.99. The van der Waals surface area contributed by atoms with Crippen molar-refractivity contribution in [1.29, 1.82) is 0 Å². The number of anilines is 2. The van der Waals surface area contributed by atoms with Gasteiger partial charge >= 0.3 is 5.69 Å². The van der Waals surface area contributed by atoms with Crippen LogP contribution in [-0.2, 0) is 18.3 Å². The number of ether oxygens (including phenoxy) is 1. The van der Waals surface area contributed by atoms with E-state index in [4.69, 9.17) is 14.7 Å². The van der Waals surface area contributed by atoms with Crippen molar-refractivity contribution in [3.63, 3.8) is 0 Å². The standard InChI is InChI=1S/C21H23N7O2S/c1-12-9-15-16(27-5-8-31-20(27)24-15)10-14(12)23-19-22-11-17-18(25-19)28(21(29)26(17)2)13-3-6-30-7-4-13/h9-11,13H,3-8H2,1-2H3,(H,22,23,25). The Morgan fingerprint density at radius 2 is 2.03 bits per heavy atom. The second kappa shape index (κ2) is 7.10. The number of hydrogen-bond acceptors (Lipinski definition) is 7. The van der Waals surface area contributed by atoms with Crippen LogP contribution in [0.4, 0.5) is 11.6 Å². The molecule has 0 amide bonds. The van der Waals surface area contributed by atoms with Crippen LogP contribution in [-0.4, -0.2) is 47.6 Å². The van der Waals surface area contributed by atoms with Crippen LogP contribution in [0.5, 0.6) is 0 Å². The molecule has 0 saturated carbocycles. The van der Waals surface area contributed by atoms with Gasteiger partial charge in [-0.15, -0.1) is 0 Å². The van der Waals surface area contributed by atoms with Crippen LogP contribution in [0.25, 0.3) is 22.2 Å². The normalized spacial score (nSPS) is 17.0. The number of hydrogen-bond donors (Lipinski definition) is 1. The first kappa shape index (κ1) is 18.9. The number of benzene rings is 1. The van der Waals surface area contributed by atoms with Crippen molar-refractivity contribution in [3.05, 3.63) is 34.4 Å². The molecule has 10 heteroatoms. The summed E-state index contributed by atoms with van der Waals surface area (Å²) in [6.07, 6.45) is 3.35. The van der Waals surface area contributed by atoms with E-state index in [1.54, 1.807) is 29.6 Å². The SMILES string of the molecule is Cc1cc2nc3n(c2cc1Nc1ncc2c(n1)n(C1CCOCC1)c(=O)n2C)CCS3. The Morgan fingerprint density at radius 1 is 1.19 bits per heavy atom. The van der Waals surface area contributed by atoms with E-state index in [0.29, 0.717) is 24.8 Å². The summed E-state index contributed by atoms with van der Waals surface area (Å²) >= 11 is 1.79. The summed E-state index contributed by atoms with van der Waals surface area (Å²) in [6.45, 7) is 4.36. The lowest BCUT2D eigenvalue weighted by molar-refractivity contribution is 0.0695. The summed E-state index contributed by atoms with van der Waals surface area (Å²) in [4.78, 5) is 26.9. The molecule has 0 atom stereocenters. The second-order valence-corrected chi connectivity index (χ2v) is 9.19. The van der Waals surface area contributed by atoms with E-state index in [1.807, 2.05) is 4.57 Å². The molecule has 0 unspecified atom stereocenters. The average Bonchev–Trinajstić information content (AvgIpc) is 3.42. The molecule has 0 aliphatic carbocycles. The number of nitrogens with zero attached hydrogens (tertiary/aromatic N) is 6. The van der Waals surface area contributed by atoms with Gasteiger partial charge in [-0.3, -0.25) is 9.13 Å². The Hall–Kier alpha value is -2.85.